The SMILES string of the molecule is C[C@H]1CCc2sc(C(=O)NNC(=O)CNC(=O)/C=C/c3ccccc3)cc2C1. The van der Waals surface area contributed by atoms with Gasteiger partial charge in [0.25, 0.3) is 11.8 Å². The maximum Gasteiger partial charge on any atom is 0.279 e. The Hall–Kier alpha value is -2.93. The summed E-state index contributed by atoms with van der Waals surface area (Å²) in [5.41, 5.74) is 6.86. The number of aryl methyl sites for hydroxylation is 1. The van der Waals surface area contributed by atoms with Crippen molar-refractivity contribution in [3.63, 3.8) is 0 Å². The standard InChI is InChI=1S/C21H23N3O3S/c1-14-7-9-17-16(11-14)12-18(28-17)21(27)24-23-20(26)13-22-19(25)10-8-15-5-3-2-4-6-15/h2-6,8,10,12,14H,7,9,11,13H2,1H3,(H,22,25)(H,23,26)(H,24,27)/b10-8+/t14-/m0/s1. The second-order valence-electron chi connectivity index (χ2n) is 6.87. The summed E-state index contributed by atoms with van der Waals surface area (Å²) >= 11 is 1.48. The van der Waals surface area contributed by atoms with Gasteiger partial charge >= 0.3 is 0 Å². The second kappa shape index (κ2) is 9.32. The van der Waals surface area contributed by atoms with Crippen LogP contribution in [0.1, 0.15) is 39.0 Å². The lowest BCUT2D eigenvalue weighted by atomic mass is 9.90. The lowest BCUT2D eigenvalue weighted by molar-refractivity contribution is -0.124. The zero-order valence-corrected chi connectivity index (χ0v) is 16.5. The third-order valence-electron chi connectivity index (χ3n) is 4.52. The Kier molecular flexibility index (Phi) is 6.60. The van der Waals surface area contributed by atoms with Crippen LogP contribution < -0.4 is 16.2 Å². The molecule has 0 spiro atoms. The predicted octanol–water partition coefficient (Wildman–Crippen LogP) is 2.46. The predicted molar refractivity (Wildman–Crippen MR) is 110 cm³/mol. The third-order valence-corrected chi connectivity index (χ3v) is 5.75. The molecule has 1 heterocycles. The molecule has 3 N–H and O–H groups in total. The van der Waals surface area contributed by atoms with Gasteiger partial charge in [-0.1, -0.05) is 37.3 Å². The number of rotatable bonds is 5. The van der Waals surface area contributed by atoms with Crippen molar-refractivity contribution in [2.24, 2.45) is 5.92 Å². The van der Waals surface area contributed by atoms with E-state index in [1.807, 2.05) is 36.4 Å². The molecule has 1 aliphatic rings. The average Bonchev–Trinajstić information content (AvgIpc) is 3.13. The van der Waals surface area contributed by atoms with Crippen molar-refractivity contribution < 1.29 is 14.4 Å². The van der Waals surface area contributed by atoms with E-state index in [1.165, 1.54) is 27.9 Å². The molecule has 0 saturated carbocycles. The molecule has 28 heavy (non-hydrogen) atoms. The van der Waals surface area contributed by atoms with Gasteiger partial charge < -0.3 is 5.32 Å². The van der Waals surface area contributed by atoms with Crippen molar-refractivity contribution in [3.05, 3.63) is 63.4 Å². The first-order valence-electron chi connectivity index (χ1n) is 9.23. The van der Waals surface area contributed by atoms with Gasteiger partial charge in [-0.05, 0) is 48.4 Å². The highest BCUT2D eigenvalue weighted by Gasteiger charge is 2.20. The first-order valence-corrected chi connectivity index (χ1v) is 10.0. The van der Waals surface area contributed by atoms with Gasteiger partial charge in [0.2, 0.25) is 5.91 Å². The van der Waals surface area contributed by atoms with E-state index in [1.54, 1.807) is 6.08 Å². The molecule has 0 saturated heterocycles. The molecule has 7 heteroatoms. The monoisotopic (exact) mass is 397 g/mol. The summed E-state index contributed by atoms with van der Waals surface area (Å²) in [6.45, 7) is 1.99. The van der Waals surface area contributed by atoms with Crippen LogP contribution in [0.15, 0.2) is 42.5 Å². The van der Waals surface area contributed by atoms with Crippen LogP contribution in [0.2, 0.25) is 0 Å². The summed E-state index contributed by atoms with van der Waals surface area (Å²) in [6.07, 6.45) is 6.16. The van der Waals surface area contributed by atoms with Crippen molar-refractivity contribution >= 4 is 35.1 Å². The van der Waals surface area contributed by atoms with Gasteiger partial charge in [0, 0.05) is 11.0 Å². The van der Waals surface area contributed by atoms with Gasteiger partial charge in [-0.2, -0.15) is 0 Å². The first kappa shape index (κ1) is 19.8. The fourth-order valence-corrected chi connectivity index (χ4v) is 4.12. The maximum atomic E-state index is 12.2. The van der Waals surface area contributed by atoms with Crippen LogP contribution in [0.5, 0.6) is 0 Å². The molecule has 1 aliphatic carbocycles. The highest BCUT2D eigenvalue weighted by Crippen LogP contribution is 2.32. The lowest BCUT2D eigenvalue weighted by Gasteiger charge is -2.16. The van der Waals surface area contributed by atoms with E-state index < -0.39 is 5.91 Å². The van der Waals surface area contributed by atoms with Crippen molar-refractivity contribution in [2.75, 3.05) is 6.54 Å². The van der Waals surface area contributed by atoms with Crippen LogP contribution in [0.3, 0.4) is 0 Å². The molecule has 1 aromatic carbocycles. The Labute approximate surface area is 168 Å². The minimum atomic E-state index is -0.496. The highest BCUT2D eigenvalue weighted by atomic mass is 32.1. The number of fused-ring (bicyclic) bond motifs is 1. The zero-order valence-electron chi connectivity index (χ0n) is 15.7. The maximum absolute atomic E-state index is 12.2. The largest absolute Gasteiger partial charge is 0.343 e. The summed E-state index contributed by atoms with van der Waals surface area (Å²) < 4.78 is 0. The first-order chi connectivity index (χ1) is 13.5. The molecule has 0 bridgehead atoms. The van der Waals surface area contributed by atoms with Gasteiger partial charge in [-0.15, -0.1) is 11.3 Å². The number of amides is 3. The number of hydrogen-bond acceptors (Lipinski definition) is 4. The van der Waals surface area contributed by atoms with Gasteiger partial charge in [0.15, 0.2) is 0 Å². The Morgan fingerprint density at radius 3 is 2.75 bits per heavy atom. The number of benzene rings is 1. The van der Waals surface area contributed by atoms with Crippen LogP contribution in [0, 0.1) is 5.92 Å². The Morgan fingerprint density at radius 1 is 1.18 bits per heavy atom. The molecule has 6 nitrogen and oxygen atoms in total. The second-order valence-corrected chi connectivity index (χ2v) is 8.01. The fraction of sp³-hybridized carbons (Fsp3) is 0.286. The fourth-order valence-electron chi connectivity index (χ4n) is 3.01. The molecule has 2 aromatic rings. The molecule has 146 valence electrons. The number of hydrazine groups is 1. The third kappa shape index (κ3) is 5.53. The molecule has 3 rings (SSSR count). The Bertz CT molecular complexity index is 890. The van der Waals surface area contributed by atoms with E-state index in [2.05, 4.69) is 23.1 Å². The zero-order chi connectivity index (χ0) is 19.9. The number of carbonyl (C=O) groups excluding carboxylic acids is 3. The summed E-state index contributed by atoms with van der Waals surface area (Å²) in [5.74, 6) is -0.580. The number of thiophene rings is 1. The minimum absolute atomic E-state index is 0.225. The quantitative estimate of drug-likeness (QED) is 0.535. The molecule has 1 atom stereocenters. The topological polar surface area (TPSA) is 87.3 Å². The molecule has 0 radical (unpaired) electrons. The van der Waals surface area contributed by atoms with E-state index in [0.29, 0.717) is 10.8 Å². The smallest absolute Gasteiger partial charge is 0.279 e. The number of hydrogen-bond donors (Lipinski definition) is 3. The Morgan fingerprint density at radius 2 is 1.96 bits per heavy atom. The summed E-state index contributed by atoms with van der Waals surface area (Å²) in [5, 5.41) is 2.47. The van der Waals surface area contributed by atoms with Gasteiger partial charge in [-0.25, -0.2) is 0 Å². The van der Waals surface area contributed by atoms with Crippen molar-refractivity contribution in [1.82, 2.24) is 16.2 Å². The molecule has 0 unspecified atom stereocenters. The van der Waals surface area contributed by atoms with Crippen molar-refractivity contribution in [2.45, 2.75) is 26.2 Å². The van der Waals surface area contributed by atoms with Crippen LogP contribution >= 0.6 is 11.3 Å². The van der Waals surface area contributed by atoms with Gasteiger partial charge in [-0.3, -0.25) is 25.2 Å². The van der Waals surface area contributed by atoms with Crippen molar-refractivity contribution in [3.8, 4) is 0 Å². The van der Waals surface area contributed by atoms with E-state index in [-0.39, 0.29) is 18.4 Å². The lowest BCUT2D eigenvalue weighted by Crippen LogP contribution is -2.46. The molecule has 3 amide bonds. The minimum Gasteiger partial charge on any atom is -0.343 e. The molecule has 1 aromatic heterocycles. The van der Waals surface area contributed by atoms with E-state index >= 15 is 0 Å². The summed E-state index contributed by atoms with van der Waals surface area (Å²) in [7, 11) is 0. The highest BCUT2D eigenvalue weighted by molar-refractivity contribution is 7.14. The summed E-state index contributed by atoms with van der Waals surface area (Å²) in [6, 6.07) is 11.3. The van der Waals surface area contributed by atoms with Crippen LogP contribution in [-0.4, -0.2) is 24.3 Å². The van der Waals surface area contributed by atoms with Gasteiger partial charge in [0.05, 0.1) is 11.4 Å². The molecular formula is C21H23N3O3S. The average molecular weight is 398 g/mol. The molecule has 0 aliphatic heterocycles. The van der Waals surface area contributed by atoms with Gasteiger partial charge in [0.1, 0.15) is 0 Å². The molecule has 0 fully saturated rings. The number of nitrogens with one attached hydrogen (secondary N) is 3. The van der Waals surface area contributed by atoms with Crippen molar-refractivity contribution in [1.29, 1.82) is 0 Å². The molecular weight excluding hydrogens is 374 g/mol. The van der Waals surface area contributed by atoms with Crippen LogP contribution in [0.4, 0.5) is 0 Å². The van der Waals surface area contributed by atoms with E-state index in [0.717, 1.165) is 24.8 Å². The normalized spacial score (nSPS) is 15.7. The van der Waals surface area contributed by atoms with E-state index in [4.69, 9.17) is 0 Å². The van der Waals surface area contributed by atoms with Crippen LogP contribution in [0.25, 0.3) is 6.08 Å². The summed E-state index contributed by atoms with van der Waals surface area (Å²) in [4.78, 5) is 37.7. The number of carbonyl (C=O) groups is 3. The Balaban J connectivity index is 1.41. The van der Waals surface area contributed by atoms with Crippen LogP contribution in [-0.2, 0) is 22.4 Å². The van der Waals surface area contributed by atoms with E-state index in [9.17, 15) is 14.4 Å².